The van der Waals surface area contributed by atoms with Gasteiger partial charge in [0.1, 0.15) is 10.0 Å². The topological polar surface area (TPSA) is 50.7 Å². The van der Waals surface area contributed by atoms with Crippen molar-refractivity contribution in [3.63, 3.8) is 0 Å². The van der Waals surface area contributed by atoms with E-state index in [0.717, 1.165) is 28.7 Å². The Hall–Kier alpha value is -1.33. The summed E-state index contributed by atoms with van der Waals surface area (Å²) in [5.74, 6) is 0.608. The van der Waals surface area contributed by atoms with E-state index >= 15 is 0 Å². The van der Waals surface area contributed by atoms with Crippen LogP contribution in [0.2, 0.25) is 0 Å². The summed E-state index contributed by atoms with van der Waals surface area (Å²) in [4.78, 5) is 4.60. The molecule has 1 aliphatic heterocycles. The van der Waals surface area contributed by atoms with Crippen molar-refractivity contribution < 1.29 is 0 Å². The second-order valence-corrected chi connectivity index (χ2v) is 5.80. The van der Waals surface area contributed by atoms with Crippen molar-refractivity contribution >= 4 is 11.3 Å². The number of aromatic nitrogens is 3. The van der Waals surface area contributed by atoms with Crippen molar-refractivity contribution in [1.82, 2.24) is 20.5 Å². The zero-order valence-electron chi connectivity index (χ0n) is 10.4. The molecule has 0 bridgehead atoms. The first-order valence-electron chi connectivity index (χ1n) is 6.30. The van der Waals surface area contributed by atoms with Gasteiger partial charge < -0.3 is 5.32 Å². The van der Waals surface area contributed by atoms with Gasteiger partial charge in [0.25, 0.3) is 0 Å². The molecule has 0 saturated carbocycles. The minimum absolute atomic E-state index is 0.608. The van der Waals surface area contributed by atoms with Gasteiger partial charge in [-0.2, -0.15) is 0 Å². The van der Waals surface area contributed by atoms with Crippen LogP contribution < -0.4 is 5.32 Å². The average molecular weight is 260 g/mol. The van der Waals surface area contributed by atoms with E-state index in [0.29, 0.717) is 5.92 Å². The van der Waals surface area contributed by atoms with Crippen LogP contribution in [0.1, 0.15) is 29.5 Å². The van der Waals surface area contributed by atoms with Crippen LogP contribution in [0, 0.1) is 6.92 Å². The molecule has 0 spiro atoms. The molecule has 0 unspecified atom stereocenters. The quantitative estimate of drug-likeness (QED) is 0.900. The van der Waals surface area contributed by atoms with Crippen LogP contribution in [-0.4, -0.2) is 28.3 Å². The second-order valence-electron chi connectivity index (χ2n) is 4.62. The molecule has 0 amide bonds. The van der Waals surface area contributed by atoms with Gasteiger partial charge >= 0.3 is 0 Å². The van der Waals surface area contributed by atoms with Crippen LogP contribution in [0.5, 0.6) is 0 Å². The number of pyridine rings is 1. The maximum atomic E-state index is 4.60. The molecular weight excluding hydrogens is 244 g/mol. The van der Waals surface area contributed by atoms with E-state index in [1.54, 1.807) is 11.3 Å². The molecule has 0 aliphatic carbocycles. The third kappa shape index (κ3) is 2.42. The number of hydrogen-bond donors (Lipinski definition) is 1. The Kier molecular flexibility index (Phi) is 3.34. The highest BCUT2D eigenvalue weighted by molar-refractivity contribution is 7.14. The lowest BCUT2D eigenvalue weighted by atomic mass is 9.94. The second kappa shape index (κ2) is 5.12. The fourth-order valence-corrected chi connectivity index (χ4v) is 2.99. The molecule has 3 rings (SSSR count). The van der Waals surface area contributed by atoms with Gasteiger partial charge in [0.2, 0.25) is 0 Å². The van der Waals surface area contributed by atoms with E-state index in [1.165, 1.54) is 18.5 Å². The van der Waals surface area contributed by atoms with Crippen LogP contribution >= 0.6 is 11.3 Å². The molecule has 5 heteroatoms. The Morgan fingerprint density at radius 2 is 2.06 bits per heavy atom. The van der Waals surface area contributed by atoms with Gasteiger partial charge in [0.05, 0.1) is 0 Å². The maximum absolute atomic E-state index is 4.60. The summed E-state index contributed by atoms with van der Waals surface area (Å²) in [7, 11) is 0. The molecule has 94 valence electrons. The van der Waals surface area contributed by atoms with Crippen LogP contribution in [0.3, 0.4) is 0 Å². The Labute approximate surface area is 110 Å². The number of hydrogen-bond acceptors (Lipinski definition) is 5. The normalized spacial score (nSPS) is 16.9. The highest BCUT2D eigenvalue weighted by Crippen LogP contribution is 2.26. The van der Waals surface area contributed by atoms with Crippen molar-refractivity contribution in [3.05, 3.63) is 29.0 Å². The van der Waals surface area contributed by atoms with Gasteiger partial charge in [-0.3, -0.25) is 4.98 Å². The summed E-state index contributed by atoms with van der Waals surface area (Å²) in [5, 5.41) is 13.5. The number of rotatable bonds is 2. The van der Waals surface area contributed by atoms with Gasteiger partial charge in [-0.25, -0.2) is 0 Å². The number of nitrogens with zero attached hydrogens (tertiary/aromatic N) is 3. The predicted octanol–water partition coefficient (Wildman–Crippen LogP) is 2.38. The summed E-state index contributed by atoms with van der Waals surface area (Å²) in [6.45, 7) is 4.17. The summed E-state index contributed by atoms with van der Waals surface area (Å²) in [5.41, 5.74) is 2.28. The maximum Gasteiger partial charge on any atom is 0.149 e. The predicted molar refractivity (Wildman–Crippen MR) is 72.7 cm³/mol. The molecule has 1 aliphatic rings. The fraction of sp³-hybridized carbons (Fsp3) is 0.462. The Bertz CT molecular complexity index is 514. The molecule has 1 saturated heterocycles. The smallest absolute Gasteiger partial charge is 0.149 e. The SMILES string of the molecule is Cc1nnc(-c2ccc(C3CCNCC3)nc2)s1. The highest BCUT2D eigenvalue weighted by Gasteiger charge is 2.16. The van der Waals surface area contributed by atoms with E-state index in [4.69, 9.17) is 0 Å². The minimum Gasteiger partial charge on any atom is -0.317 e. The lowest BCUT2D eigenvalue weighted by Crippen LogP contribution is -2.26. The first-order chi connectivity index (χ1) is 8.83. The van der Waals surface area contributed by atoms with Crippen molar-refractivity contribution in [2.75, 3.05) is 13.1 Å². The number of nitrogens with one attached hydrogen (secondary N) is 1. The van der Waals surface area contributed by atoms with Gasteiger partial charge in [-0.1, -0.05) is 11.3 Å². The molecule has 4 nitrogen and oxygen atoms in total. The van der Waals surface area contributed by atoms with Gasteiger partial charge in [-0.05, 0) is 45.0 Å². The molecule has 1 N–H and O–H groups in total. The summed E-state index contributed by atoms with van der Waals surface area (Å²) >= 11 is 1.61. The lowest BCUT2D eigenvalue weighted by molar-refractivity contribution is 0.453. The van der Waals surface area contributed by atoms with Crippen LogP contribution in [0.15, 0.2) is 18.3 Å². The molecule has 2 aromatic rings. The largest absolute Gasteiger partial charge is 0.317 e. The third-order valence-corrected chi connectivity index (χ3v) is 4.20. The van der Waals surface area contributed by atoms with Gasteiger partial charge in [0.15, 0.2) is 0 Å². The van der Waals surface area contributed by atoms with Crippen LogP contribution in [0.25, 0.3) is 10.6 Å². The van der Waals surface area contributed by atoms with E-state index in [2.05, 4.69) is 32.6 Å². The molecule has 0 radical (unpaired) electrons. The number of aryl methyl sites for hydroxylation is 1. The first kappa shape index (κ1) is 11.7. The van der Waals surface area contributed by atoms with E-state index in [9.17, 15) is 0 Å². The zero-order chi connectivity index (χ0) is 12.4. The molecule has 0 atom stereocenters. The van der Waals surface area contributed by atoms with Crippen molar-refractivity contribution in [2.45, 2.75) is 25.7 Å². The van der Waals surface area contributed by atoms with E-state index in [1.807, 2.05) is 13.1 Å². The zero-order valence-corrected chi connectivity index (χ0v) is 11.2. The summed E-state index contributed by atoms with van der Waals surface area (Å²) in [6, 6.07) is 4.26. The molecule has 2 aromatic heterocycles. The monoisotopic (exact) mass is 260 g/mol. The molecule has 3 heterocycles. The van der Waals surface area contributed by atoms with Crippen LogP contribution in [0.4, 0.5) is 0 Å². The van der Waals surface area contributed by atoms with Crippen molar-refractivity contribution in [1.29, 1.82) is 0 Å². The number of piperidine rings is 1. The summed E-state index contributed by atoms with van der Waals surface area (Å²) < 4.78 is 0. The average Bonchev–Trinajstić information content (AvgIpc) is 2.87. The molecule has 0 aromatic carbocycles. The van der Waals surface area contributed by atoms with Crippen LogP contribution in [-0.2, 0) is 0 Å². The lowest BCUT2D eigenvalue weighted by Gasteiger charge is -2.21. The Morgan fingerprint density at radius 3 is 2.67 bits per heavy atom. The molecule has 1 fully saturated rings. The molecule has 18 heavy (non-hydrogen) atoms. The Morgan fingerprint density at radius 1 is 1.22 bits per heavy atom. The fourth-order valence-electron chi connectivity index (χ4n) is 2.30. The third-order valence-electron chi connectivity index (χ3n) is 3.32. The summed E-state index contributed by atoms with van der Waals surface area (Å²) in [6.07, 6.45) is 4.30. The molecular formula is C13H16N4S. The van der Waals surface area contributed by atoms with E-state index < -0.39 is 0 Å². The first-order valence-corrected chi connectivity index (χ1v) is 7.12. The highest BCUT2D eigenvalue weighted by atomic mass is 32.1. The standard InChI is InChI=1S/C13H16N4S/c1-9-16-17-13(18-9)11-2-3-12(15-8-11)10-4-6-14-7-5-10/h2-3,8,10,14H,4-7H2,1H3. The van der Waals surface area contributed by atoms with Gasteiger partial charge in [0, 0.05) is 23.4 Å². The van der Waals surface area contributed by atoms with Gasteiger partial charge in [-0.15, -0.1) is 10.2 Å². The minimum atomic E-state index is 0.608. The van der Waals surface area contributed by atoms with E-state index in [-0.39, 0.29) is 0 Å². The van der Waals surface area contributed by atoms with Crippen molar-refractivity contribution in [3.8, 4) is 10.6 Å². The Balaban J connectivity index is 1.80. The van der Waals surface area contributed by atoms with Crippen molar-refractivity contribution in [2.24, 2.45) is 0 Å².